The van der Waals surface area contributed by atoms with Gasteiger partial charge in [0.25, 0.3) is 0 Å². The van der Waals surface area contributed by atoms with E-state index in [1.54, 1.807) is 29.8 Å². The summed E-state index contributed by atoms with van der Waals surface area (Å²) in [6.07, 6.45) is 0.955. The SMILES string of the molecule is Cn1c(C#N)ccc1-c1ccc(NS(C)(=O)=O)c(F)c1. The number of hydrogen-bond acceptors (Lipinski definition) is 3. The van der Waals surface area contributed by atoms with Gasteiger partial charge in [-0.25, -0.2) is 12.8 Å². The Morgan fingerprint density at radius 2 is 2.00 bits per heavy atom. The molecule has 0 atom stereocenters. The number of nitrogens with zero attached hydrogens (tertiary/aromatic N) is 2. The van der Waals surface area contributed by atoms with Gasteiger partial charge in [0.2, 0.25) is 10.0 Å². The molecule has 1 aromatic carbocycles. The number of anilines is 1. The Hall–Kier alpha value is -2.33. The Balaban J connectivity index is 2.43. The lowest BCUT2D eigenvalue weighted by molar-refractivity contribution is 0.604. The number of hydrogen-bond donors (Lipinski definition) is 1. The minimum atomic E-state index is -3.52. The summed E-state index contributed by atoms with van der Waals surface area (Å²) in [6, 6.07) is 9.53. The molecule has 5 nitrogen and oxygen atoms in total. The third kappa shape index (κ3) is 2.81. The predicted octanol–water partition coefficient (Wildman–Crippen LogP) is 2.07. The van der Waals surface area contributed by atoms with Crippen LogP contribution in [-0.4, -0.2) is 19.2 Å². The minimum absolute atomic E-state index is 0.106. The summed E-state index contributed by atoms with van der Waals surface area (Å²) in [5.74, 6) is -0.673. The summed E-state index contributed by atoms with van der Waals surface area (Å²) in [4.78, 5) is 0. The van der Waals surface area contributed by atoms with Crippen molar-refractivity contribution in [2.75, 3.05) is 11.0 Å². The summed E-state index contributed by atoms with van der Waals surface area (Å²) < 4.78 is 39.8. The molecule has 0 fully saturated rings. The summed E-state index contributed by atoms with van der Waals surface area (Å²) >= 11 is 0. The normalized spacial score (nSPS) is 11.1. The Morgan fingerprint density at radius 1 is 1.30 bits per heavy atom. The predicted molar refractivity (Wildman–Crippen MR) is 74.0 cm³/mol. The minimum Gasteiger partial charge on any atom is -0.335 e. The van der Waals surface area contributed by atoms with Gasteiger partial charge in [0, 0.05) is 18.3 Å². The van der Waals surface area contributed by atoms with E-state index in [9.17, 15) is 12.8 Å². The molecule has 0 bridgehead atoms. The number of aromatic nitrogens is 1. The van der Waals surface area contributed by atoms with Crippen molar-refractivity contribution in [1.29, 1.82) is 5.26 Å². The highest BCUT2D eigenvalue weighted by Gasteiger charge is 2.11. The summed E-state index contributed by atoms with van der Waals surface area (Å²) in [6.45, 7) is 0. The first-order chi connectivity index (χ1) is 9.31. The maximum Gasteiger partial charge on any atom is 0.229 e. The van der Waals surface area contributed by atoms with E-state index in [-0.39, 0.29) is 5.69 Å². The zero-order valence-corrected chi connectivity index (χ0v) is 11.7. The molecule has 0 aliphatic rings. The van der Waals surface area contributed by atoms with Crippen LogP contribution in [-0.2, 0) is 17.1 Å². The monoisotopic (exact) mass is 293 g/mol. The van der Waals surface area contributed by atoms with Crippen LogP contribution >= 0.6 is 0 Å². The van der Waals surface area contributed by atoms with E-state index < -0.39 is 15.8 Å². The molecule has 20 heavy (non-hydrogen) atoms. The molecule has 0 radical (unpaired) electrons. The van der Waals surface area contributed by atoms with E-state index in [0.717, 1.165) is 6.26 Å². The molecule has 104 valence electrons. The van der Waals surface area contributed by atoms with Gasteiger partial charge in [0.05, 0.1) is 11.9 Å². The second-order valence-corrected chi connectivity index (χ2v) is 6.09. The van der Waals surface area contributed by atoms with Crippen LogP contribution in [0.1, 0.15) is 5.69 Å². The van der Waals surface area contributed by atoms with Crippen LogP contribution in [0.2, 0.25) is 0 Å². The third-order valence-corrected chi connectivity index (χ3v) is 3.39. The second kappa shape index (κ2) is 4.98. The third-order valence-electron chi connectivity index (χ3n) is 2.80. The van der Waals surface area contributed by atoms with Gasteiger partial charge in [0.1, 0.15) is 17.6 Å². The first-order valence-electron chi connectivity index (χ1n) is 5.65. The van der Waals surface area contributed by atoms with Crippen molar-refractivity contribution >= 4 is 15.7 Å². The number of halogens is 1. The highest BCUT2D eigenvalue weighted by Crippen LogP contribution is 2.26. The maximum absolute atomic E-state index is 13.9. The van der Waals surface area contributed by atoms with Gasteiger partial charge in [-0.2, -0.15) is 5.26 Å². The molecular weight excluding hydrogens is 281 g/mol. The fourth-order valence-corrected chi connectivity index (χ4v) is 2.44. The van der Waals surface area contributed by atoms with Crippen molar-refractivity contribution in [2.45, 2.75) is 0 Å². The standard InChI is InChI=1S/C13H12FN3O2S/c1-17-10(8-15)4-6-13(17)9-3-5-12(11(14)7-9)16-20(2,18)19/h3-7,16H,1-2H3. The molecule has 0 amide bonds. The van der Waals surface area contributed by atoms with Gasteiger partial charge < -0.3 is 4.57 Å². The van der Waals surface area contributed by atoms with Crippen LogP contribution in [0.25, 0.3) is 11.3 Å². The van der Waals surface area contributed by atoms with Crippen molar-refractivity contribution in [1.82, 2.24) is 4.57 Å². The summed E-state index contributed by atoms with van der Waals surface area (Å²) in [7, 11) is -1.82. The molecule has 2 aromatic rings. The molecule has 0 aliphatic heterocycles. The van der Waals surface area contributed by atoms with Crippen LogP contribution in [0.5, 0.6) is 0 Å². The van der Waals surface area contributed by atoms with Gasteiger partial charge in [-0.15, -0.1) is 0 Å². The van der Waals surface area contributed by atoms with Gasteiger partial charge >= 0.3 is 0 Å². The second-order valence-electron chi connectivity index (χ2n) is 4.34. The van der Waals surface area contributed by atoms with Crippen LogP contribution in [0.15, 0.2) is 30.3 Å². The zero-order chi connectivity index (χ0) is 14.9. The van der Waals surface area contributed by atoms with E-state index in [0.29, 0.717) is 17.0 Å². The summed E-state index contributed by atoms with van der Waals surface area (Å²) in [5.41, 5.74) is 1.58. The lowest BCUT2D eigenvalue weighted by Crippen LogP contribution is -2.10. The molecule has 2 rings (SSSR count). The topological polar surface area (TPSA) is 74.9 Å². The Bertz CT molecular complexity index is 804. The number of nitrogens with one attached hydrogen (secondary N) is 1. The molecule has 0 saturated heterocycles. The van der Waals surface area contributed by atoms with Crippen LogP contribution in [0, 0.1) is 17.1 Å². The Kier molecular flexibility index (Phi) is 3.51. The molecule has 0 spiro atoms. The molecule has 1 aromatic heterocycles. The first-order valence-corrected chi connectivity index (χ1v) is 7.54. The lowest BCUT2D eigenvalue weighted by Gasteiger charge is -2.08. The lowest BCUT2D eigenvalue weighted by atomic mass is 10.1. The quantitative estimate of drug-likeness (QED) is 0.941. The van der Waals surface area contributed by atoms with Gasteiger partial charge in [-0.05, 0) is 24.3 Å². The number of nitriles is 1. The molecule has 0 saturated carbocycles. The molecule has 1 N–H and O–H groups in total. The fraction of sp³-hybridized carbons (Fsp3) is 0.154. The molecule has 0 aliphatic carbocycles. The Morgan fingerprint density at radius 3 is 2.50 bits per heavy atom. The molecule has 0 unspecified atom stereocenters. The average molecular weight is 293 g/mol. The molecule has 1 heterocycles. The highest BCUT2D eigenvalue weighted by atomic mass is 32.2. The Labute approximate surface area is 116 Å². The zero-order valence-electron chi connectivity index (χ0n) is 10.9. The summed E-state index contributed by atoms with van der Waals surface area (Å²) in [5, 5.41) is 8.88. The van der Waals surface area contributed by atoms with E-state index in [2.05, 4.69) is 4.72 Å². The molecule has 7 heteroatoms. The van der Waals surface area contributed by atoms with Crippen molar-refractivity contribution < 1.29 is 12.8 Å². The van der Waals surface area contributed by atoms with Gasteiger partial charge in [0.15, 0.2) is 0 Å². The van der Waals surface area contributed by atoms with E-state index in [1.165, 1.54) is 12.1 Å². The maximum atomic E-state index is 13.9. The van der Waals surface area contributed by atoms with Crippen LogP contribution in [0.4, 0.5) is 10.1 Å². The van der Waals surface area contributed by atoms with Crippen molar-refractivity contribution in [2.24, 2.45) is 7.05 Å². The largest absolute Gasteiger partial charge is 0.335 e. The van der Waals surface area contributed by atoms with Crippen LogP contribution in [0.3, 0.4) is 0 Å². The van der Waals surface area contributed by atoms with Crippen molar-refractivity contribution in [3.63, 3.8) is 0 Å². The van der Waals surface area contributed by atoms with Crippen molar-refractivity contribution in [3.8, 4) is 17.3 Å². The first kappa shape index (κ1) is 14.1. The van der Waals surface area contributed by atoms with Crippen LogP contribution < -0.4 is 4.72 Å². The van der Waals surface area contributed by atoms with E-state index in [4.69, 9.17) is 5.26 Å². The number of rotatable bonds is 3. The smallest absolute Gasteiger partial charge is 0.229 e. The van der Waals surface area contributed by atoms with Gasteiger partial charge in [-0.1, -0.05) is 6.07 Å². The number of benzene rings is 1. The van der Waals surface area contributed by atoms with E-state index >= 15 is 0 Å². The van der Waals surface area contributed by atoms with Crippen molar-refractivity contribution in [3.05, 3.63) is 41.8 Å². The van der Waals surface area contributed by atoms with Gasteiger partial charge in [-0.3, -0.25) is 4.72 Å². The highest BCUT2D eigenvalue weighted by molar-refractivity contribution is 7.92. The number of sulfonamides is 1. The average Bonchev–Trinajstić information content (AvgIpc) is 2.71. The van der Waals surface area contributed by atoms with E-state index in [1.807, 2.05) is 6.07 Å². The molecular formula is C13H12FN3O2S. The fourth-order valence-electron chi connectivity index (χ4n) is 1.87.